The van der Waals surface area contributed by atoms with Crippen LogP contribution in [0.1, 0.15) is 29.4 Å². The zero-order valence-corrected chi connectivity index (χ0v) is 15.5. The third-order valence-electron chi connectivity index (χ3n) is 4.91. The van der Waals surface area contributed by atoms with Crippen molar-refractivity contribution in [2.45, 2.75) is 25.7 Å². The maximum absolute atomic E-state index is 12.6. The molecule has 4 rings (SSSR count). The molecular weight excluding hydrogens is 340 g/mol. The van der Waals surface area contributed by atoms with Crippen molar-refractivity contribution in [1.82, 2.24) is 29.4 Å². The average Bonchev–Trinajstić information content (AvgIpc) is 3.31. The Hall–Kier alpha value is -3.09. The maximum Gasteiger partial charge on any atom is 0.227 e. The minimum atomic E-state index is 0.127. The normalized spacial score (nSPS) is 16.7. The van der Waals surface area contributed by atoms with Crippen LogP contribution in [0.4, 0.5) is 0 Å². The van der Waals surface area contributed by atoms with Gasteiger partial charge in [-0.1, -0.05) is 6.07 Å². The number of likely N-dealkylation sites (tertiary alicyclic amines) is 1. The Bertz CT molecular complexity index is 952. The summed E-state index contributed by atoms with van der Waals surface area (Å²) in [7, 11) is 1.95. The largest absolute Gasteiger partial charge is 0.342 e. The van der Waals surface area contributed by atoms with E-state index in [1.165, 1.54) is 0 Å². The van der Waals surface area contributed by atoms with Crippen molar-refractivity contribution < 1.29 is 4.79 Å². The van der Waals surface area contributed by atoms with Crippen LogP contribution < -0.4 is 0 Å². The van der Waals surface area contributed by atoms with Crippen LogP contribution in [0.3, 0.4) is 0 Å². The molecule has 1 atom stereocenters. The van der Waals surface area contributed by atoms with Gasteiger partial charge in [-0.2, -0.15) is 0 Å². The van der Waals surface area contributed by atoms with Crippen LogP contribution in [0.25, 0.3) is 11.5 Å². The summed E-state index contributed by atoms with van der Waals surface area (Å²) >= 11 is 0. The predicted molar refractivity (Wildman–Crippen MR) is 101 cm³/mol. The van der Waals surface area contributed by atoms with E-state index in [0.717, 1.165) is 41.6 Å². The molecule has 3 aromatic heterocycles. The summed E-state index contributed by atoms with van der Waals surface area (Å²) in [5, 5.41) is 0. The summed E-state index contributed by atoms with van der Waals surface area (Å²) in [6.07, 6.45) is 8.39. The molecule has 27 heavy (non-hydrogen) atoms. The molecule has 1 aliphatic heterocycles. The first kappa shape index (κ1) is 17.3. The number of hydrogen-bond donors (Lipinski definition) is 0. The molecule has 0 spiro atoms. The number of nitrogens with zero attached hydrogens (tertiary/aromatic N) is 6. The van der Waals surface area contributed by atoms with Gasteiger partial charge in [0.25, 0.3) is 0 Å². The quantitative estimate of drug-likeness (QED) is 0.711. The summed E-state index contributed by atoms with van der Waals surface area (Å²) in [5.41, 5.74) is 2.68. The van der Waals surface area contributed by atoms with Crippen molar-refractivity contribution in [2.24, 2.45) is 7.05 Å². The topological polar surface area (TPSA) is 76.8 Å². The van der Waals surface area contributed by atoms with Gasteiger partial charge in [-0.15, -0.1) is 0 Å². The molecule has 3 aromatic rings. The average molecular weight is 362 g/mol. The van der Waals surface area contributed by atoms with Crippen molar-refractivity contribution in [3.63, 3.8) is 0 Å². The monoisotopic (exact) mass is 362 g/mol. The van der Waals surface area contributed by atoms with Crippen molar-refractivity contribution in [3.05, 3.63) is 60.1 Å². The van der Waals surface area contributed by atoms with Crippen LogP contribution in [0.2, 0.25) is 0 Å². The van der Waals surface area contributed by atoms with Gasteiger partial charge in [-0.3, -0.25) is 9.78 Å². The van der Waals surface area contributed by atoms with Crippen LogP contribution in [0.5, 0.6) is 0 Å². The van der Waals surface area contributed by atoms with Crippen LogP contribution in [-0.2, 0) is 18.3 Å². The molecule has 1 saturated heterocycles. The highest BCUT2D eigenvalue weighted by molar-refractivity contribution is 5.79. The standard InChI is InChI=1S/C20H22N6O/c1-14-10-17(20-22-7-9-25(20)2)24-19(23-14)16-5-8-26(13-16)18(27)11-15-4-3-6-21-12-15/h3-4,6-7,9-10,12,16H,5,8,11,13H2,1-2H3/t16-/m1/s1. The highest BCUT2D eigenvalue weighted by Crippen LogP contribution is 2.27. The summed E-state index contributed by atoms with van der Waals surface area (Å²) in [4.78, 5) is 32.4. The van der Waals surface area contributed by atoms with E-state index in [0.29, 0.717) is 13.0 Å². The van der Waals surface area contributed by atoms with Gasteiger partial charge in [0.2, 0.25) is 5.91 Å². The molecule has 7 nitrogen and oxygen atoms in total. The molecular formula is C20H22N6O. The van der Waals surface area contributed by atoms with E-state index >= 15 is 0 Å². The Morgan fingerprint density at radius 3 is 2.93 bits per heavy atom. The number of imidazole rings is 1. The molecule has 1 fully saturated rings. The molecule has 0 aliphatic carbocycles. The van der Waals surface area contributed by atoms with Crippen LogP contribution in [0.15, 0.2) is 43.0 Å². The van der Waals surface area contributed by atoms with Gasteiger partial charge in [0.15, 0.2) is 5.82 Å². The summed E-state index contributed by atoms with van der Waals surface area (Å²) < 4.78 is 1.95. The second kappa shape index (κ2) is 7.26. The van der Waals surface area contributed by atoms with E-state index in [1.807, 2.05) is 47.8 Å². The smallest absolute Gasteiger partial charge is 0.227 e. The lowest BCUT2D eigenvalue weighted by Gasteiger charge is -2.16. The SMILES string of the molecule is Cc1cc(-c2nccn2C)nc([C@@H]2CCN(C(=O)Cc3cccnc3)C2)n1. The van der Waals surface area contributed by atoms with E-state index in [-0.39, 0.29) is 11.8 Å². The third-order valence-corrected chi connectivity index (χ3v) is 4.91. The molecule has 138 valence electrons. The second-order valence-electron chi connectivity index (χ2n) is 6.98. The number of pyridine rings is 1. The molecule has 0 radical (unpaired) electrons. The number of carbonyl (C=O) groups is 1. The Balaban J connectivity index is 1.50. The van der Waals surface area contributed by atoms with E-state index in [1.54, 1.807) is 18.6 Å². The molecule has 0 aromatic carbocycles. The lowest BCUT2D eigenvalue weighted by molar-refractivity contribution is -0.129. The van der Waals surface area contributed by atoms with Gasteiger partial charge < -0.3 is 9.47 Å². The molecule has 0 saturated carbocycles. The highest BCUT2D eigenvalue weighted by Gasteiger charge is 2.29. The van der Waals surface area contributed by atoms with Gasteiger partial charge in [0.05, 0.1) is 6.42 Å². The van der Waals surface area contributed by atoms with Gasteiger partial charge in [-0.25, -0.2) is 15.0 Å². The third kappa shape index (κ3) is 3.72. The number of aromatic nitrogens is 5. The lowest BCUT2D eigenvalue weighted by Crippen LogP contribution is -2.30. The number of rotatable bonds is 4. The van der Waals surface area contributed by atoms with Crippen molar-refractivity contribution in [1.29, 1.82) is 0 Å². The molecule has 0 bridgehead atoms. The zero-order valence-electron chi connectivity index (χ0n) is 15.5. The second-order valence-corrected chi connectivity index (χ2v) is 6.98. The molecule has 0 unspecified atom stereocenters. The summed E-state index contributed by atoms with van der Waals surface area (Å²) in [5.74, 6) is 1.90. The number of hydrogen-bond acceptors (Lipinski definition) is 5. The van der Waals surface area contributed by atoms with Crippen LogP contribution >= 0.6 is 0 Å². The molecule has 0 N–H and O–H groups in total. The molecule has 7 heteroatoms. The Morgan fingerprint density at radius 1 is 1.30 bits per heavy atom. The fraction of sp³-hybridized carbons (Fsp3) is 0.350. The maximum atomic E-state index is 12.6. The fourth-order valence-electron chi connectivity index (χ4n) is 3.49. The first-order valence-electron chi connectivity index (χ1n) is 9.10. The molecule has 1 amide bonds. The minimum absolute atomic E-state index is 0.127. The van der Waals surface area contributed by atoms with Crippen LogP contribution in [0, 0.1) is 6.92 Å². The first-order valence-corrected chi connectivity index (χ1v) is 9.10. The van der Waals surface area contributed by atoms with Gasteiger partial charge in [0, 0.05) is 56.5 Å². The van der Waals surface area contributed by atoms with E-state index in [9.17, 15) is 4.79 Å². The summed E-state index contributed by atoms with van der Waals surface area (Å²) in [6.45, 7) is 3.36. The van der Waals surface area contributed by atoms with Crippen molar-refractivity contribution >= 4 is 5.91 Å². The number of aryl methyl sites for hydroxylation is 2. The molecule has 1 aliphatic rings. The number of carbonyl (C=O) groups excluding carboxylic acids is 1. The highest BCUT2D eigenvalue weighted by atomic mass is 16.2. The van der Waals surface area contributed by atoms with Gasteiger partial charge in [-0.05, 0) is 31.0 Å². The van der Waals surface area contributed by atoms with Crippen molar-refractivity contribution in [2.75, 3.05) is 13.1 Å². The Morgan fingerprint density at radius 2 is 2.19 bits per heavy atom. The van der Waals surface area contributed by atoms with E-state index in [2.05, 4.69) is 15.0 Å². The van der Waals surface area contributed by atoms with Gasteiger partial charge in [0.1, 0.15) is 11.5 Å². The van der Waals surface area contributed by atoms with E-state index in [4.69, 9.17) is 4.98 Å². The number of amides is 1. The first-order chi connectivity index (χ1) is 13.1. The predicted octanol–water partition coefficient (Wildman–Crippen LogP) is 2.14. The fourth-order valence-corrected chi connectivity index (χ4v) is 3.49. The Kier molecular flexibility index (Phi) is 4.66. The Labute approximate surface area is 158 Å². The zero-order chi connectivity index (χ0) is 18.8. The van der Waals surface area contributed by atoms with E-state index < -0.39 is 0 Å². The van der Waals surface area contributed by atoms with Crippen molar-refractivity contribution in [3.8, 4) is 11.5 Å². The van der Waals surface area contributed by atoms with Crippen LogP contribution in [-0.4, -0.2) is 48.4 Å². The van der Waals surface area contributed by atoms with Gasteiger partial charge >= 0.3 is 0 Å². The molecule has 4 heterocycles. The summed E-state index contributed by atoms with van der Waals surface area (Å²) in [6, 6.07) is 5.74. The minimum Gasteiger partial charge on any atom is -0.342 e. The lowest BCUT2D eigenvalue weighted by atomic mass is 10.1.